The summed E-state index contributed by atoms with van der Waals surface area (Å²) in [6.45, 7) is 3.04. The Hall–Kier alpha value is -1.21. The van der Waals surface area contributed by atoms with Crippen LogP contribution in [0.15, 0.2) is 16.6 Å². The van der Waals surface area contributed by atoms with Crippen LogP contribution in [0.3, 0.4) is 0 Å². The van der Waals surface area contributed by atoms with Crippen LogP contribution in [0, 0.1) is 11.6 Å². The van der Waals surface area contributed by atoms with Crippen molar-refractivity contribution in [3.8, 4) is 0 Å². The number of hydrogen-bond acceptors (Lipinski definition) is 2. The van der Waals surface area contributed by atoms with Crippen molar-refractivity contribution in [3.63, 3.8) is 0 Å². The molecule has 1 aliphatic heterocycles. The summed E-state index contributed by atoms with van der Waals surface area (Å²) in [5.41, 5.74) is -0.438. The van der Waals surface area contributed by atoms with Crippen molar-refractivity contribution in [1.29, 1.82) is 0 Å². The highest BCUT2D eigenvalue weighted by Gasteiger charge is 2.25. The molecule has 1 aliphatic rings. The molecule has 1 N–H and O–H groups in total. The van der Waals surface area contributed by atoms with Gasteiger partial charge >= 0.3 is 6.03 Å². The number of benzene rings is 1. The van der Waals surface area contributed by atoms with Gasteiger partial charge in [0.2, 0.25) is 0 Å². The van der Waals surface area contributed by atoms with Gasteiger partial charge in [0.25, 0.3) is 0 Å². The van der Waals surface area contributed by atoms with Gasteiger partial charge in [-0.05, 0) is 19.1 Å². The number of ether oxygens (including phenoxy) is 1. The van der Waals surface area contributed by atoms with Crippen LogP contribution in [0.25, 0.3) is 0 Å². The molecule has 1 aromatic carbocycles. The van der Waals surface area contributed by atoms with E-state index in [0.29, 0.717) is 19.8 Å². The van der Waals surface area contributed by atoms with Gasteiger partial charge < -0.3 is 15.0 Å². The molecule has 4 nitrogen and oxygen atoms in total. The highest BCUT2D eigenvalue weighted by atomic mass is 79.9. The Morgan fingerprint density at radius 3 is 2.68 bits per heavy atom. The number of morpholine rings is 1. The van der Waals surface area contributed by atoms with Crippen LogP contribution in [0.2, 0.25) is 0 Å². The van der Waals surface area contributed by atoms with Gasteiger partial charge in [-0.15, -0.1) is 0 Å². The molecule has 0 radical (unpaired) electrons. The van der Waals surface area contributed by atoms with E-state index in [4.69, 9.17) is 4.74 Å². The molecule has 1 atom stereocenters. The molecular formula is C12H13BrF2N2O2. The summed E-state index contributed by atoms with van der Waals surface area (Å²) in [4.78, 5) is 13.5. The Morgan fingerprint density at radius 2 is 2.11 bits per heavy atom. The highest BCUT2D eigenvalue weighted by molar-refractivity contribution is 9.10. The molecule has 0 unspecified atom stereocenters. The van der Waals surface area contributed by atoms with Crippen molar-refractivity contribution in [3.05, 3.63) is 28.2 Å². The molecule has 1 fully saturated rings. The monoisotopic (exact) mass is 334 g/mol. The molecule has 0 saturated carbocycles. The Labute approximate surface area is 117 Å². The van der Waals surface area contributed by atoms with Gasteiger partial charge in [0, 0.05) is 11.0 Å². The number of amides is 2. The molecule has 104 valence electrons. The van der Waals surface area contributed by atoms with Gasteiger partial charge in [0.15, 0.2) is 11.6 Å². The maximum Gasteiger partial charge on any atom is 0.322 e. The molecule has 1 aromatic rings. The minimum Gasteiger partial charge on any atom is -0.377 e. The number of carbonyl (C=O) groups excluding carboxylic acids is 1. The van der Waals surface area contributed by atoms with Crippen LogP contribution in [0.4, 0.5) is 19.3 Å². The standard InChI is InChI=1S/C12H13BrF2N2O2/c1-7-6-19-3-2-17(7)12(18)16-11-9(14)4-8(13)5-10(11)15/h4-5,7H,2-3,6H2,1H3,(H,16,18)/t7-/m1/s1. The first-order valence-corrected chi connectivity index (χ1v) is 6.58. The van der Waals surface area contributed by atoms with E-state index >= 15 is 0 Å². The van der Waals surface area contributed by atoms with E-state index in [1.807, 2.05) is 6.92 Å². The summed E-state index contributed by atoms with van der Waals surface area (Å²) in [6.07, 6.45) is 0. The zero-order valence-electron chi connectivity index (χ0n) is 10.3. The molecule has 0 aromatic heterocycles. The maximum absolute atomic E-state index is 13.6. The first-order chi connectivity index (χ1) is 8.99. The predicted octanol–water partition coefficient (Wildman–Crippen LogP) is 2.98. The first kappa shape index (κ1) is 14.2. The summed E-state index contributed by atoms with van der Waals surface area (Å²) >= 11 is 2.98. The fourth-order valence-corrected chi connectivity index (χ4v) is 2.27. The topological polar surface area (TPSA) is 41.6 Å². The van der Waals surface area contributed by atoms with Crippen LogP contribution in [-0.4, -0.2) is 36.7 Å². The molecule has 2 amide bonds. The number of nitrogens with one attached hydrogen (secondary N) is 1. The molecule has 7 heteroatoms. The second-order valence-corrected chi connectivity index (χ2v) is 5.21. The minimum absolute atomic E-state index is 0.129. The smallest absolute Gasteiger partial charge is 0.322 e. The van der Waals surface area contributed by atoms with Crippen molar-refractivity contribution in [2.75, 3.05) is 25.1 Å². The average Bonchev–Trinajstić information content (AvgIpc) is 2.34. The predicted molar refractivity (Wildman–Crippen MR) is 70.1 cm³/mol. The average molecular weight is 335 g/mol. The largest absolute Gasteiger partial charge is 0.377 e. The fraction of sp³-hybridized carbons (Fsp3) is 0.417. The zero-order valence-corrected chi connectivity index (χ0v) is 11.8. The number of rotatable bonds is 1. The molecule has 1 saturated heterocycles. The molecule has 0 aliphatic carbocycles. The number of urea groups is 1. The van der Waals surface area contributed by atoms with E-state index in [-0.39, 0.29) is 10.5 Å². The lowest BCUT2D eigenvalue weighted by Crippen LogP contribution is -2.49. The Balaban J connectivity index is 2.14. The van der Waals surface area contributed by atoms with Crippen LogP contribution < -0.4 is 5.32 Å². The Bertz CT molecular complexity index is 476. The zero-order chi connectivity index (χ0) is 14.0. The number of hydrogen-bond donors (Lipinski definition) is 1. The van der Waals surface area contributed by atoms with Gasteiger partial charge in [0.05, 0.1) is 19.3 Å². The van der Waals surface area contributed by atoms with Crippen LogP contribution in [0.5, 0.6) is 0 Å². The van der Waals surface area contributed by atoms with E-state index in [1.54, 1.807) is 0 Å². The molecular weight excluding hydrogens is 322 g/mol. The van der Waals surface area contributed by atoms with Crippen LogP contribution >= 0.6 is 15.9 Å². The molecule has 2 rings (SSSR count). The molecule has 0 spiro atoms. The molecule has 0 bridgehead atoms. The van der Waals surface area contributed by atoms with Crippen molar-refractivity contribution in [2.45, 2.75) is 13.0 Å². The van der Waals surface area contributed by atoms with E-state index in [9.17, 15) is 13.6 Å². The maximum atomic E-state index is 13.6. The second-order valence-electron chi connectivity index (χ2n) is 4.29. The second kappa shape index (κ2) is 5.83. The number of nitrogens with zero attached hydrogens (tertiary/aromatic N) is 1. The first-order valence-electron chi connectivity index (χ1n) is 5.79. The summed E-state index contributed by atoms with van der Waals surface area (Å²) in [5.74, 6) is -1.64. The van der Waals surface area contributed by atoms with Gasteiger partial charge in [-0.2, -0.15) is 0 Å². The summed E-state index contributed by atoms with van der Waals surface area (Å²) in [5, 5.41) is 2.27. The summed E-state index contributed by atoms with van der Waals surface area (Å²) in [6, 6.07) is 1.54. The van der Waals surface area contributed by atoms with Crippen molar-refractivity contribution >= 4 is 27.6 Å². The lowest BCUT2D eigenvalue weighted by molar-refractivity contribution is 0.0221. The third kappa shape index (κ3) is 3.22. The normalized spacial score (nSPS) is 19.4. The lowest BCUT2D eigenvalue weighted by Gasteiger charge is -2.33. The molecule has 1 heterocycles. The summed E-state index contributed by atoms with van der Waals surface area (Å²) in [7, 11) is 0. The van der Waals surface area contributed by atoms with Crippen molar-refractivity contribution < 1.29 is 18.3 Å². The third-order valence-electron chi connectivity index (χ3n) is 2.87. The van der Waals surface area contributed by atoms with Crippen molar-refractivity contribution in [1.82, 2.24) is 4.90 Å². The van der Waals surface area contributed by atoms with Gasteiger partial charge in [-0.25, -0.2) is 13.6 Å². The van der Waals surface area contributed by atoms with Crippen LogP contribution in [-0.2, 0) is 4.74 Å². The van der Waals surface area contributed by atoms with E-state index in [1.165, 1.54) is 4.90 Å². The van der Waals surface area contributed by atoms with Gasteiger partial charge in [-0.3, -0.25) is 0 Å². The Morgan fingerprint density at radius 1 is 1.47 bits per heavy atom. The van der Waals surface area contributed by atoms with E-state index in [2.05, 4.69) is 21.2 Å². The number of anilines is 1. The van der Waals surface area contributed by atoms with Crippen LogP contribution in [0.1, 0.15) is 6.92 Å². The van der Waals surface area contributed by atoms with Gasteiger partial charge in [-0.1, -0.05) is 15.9 Å². The minimum atomic E-state index is -0.818. The number of halogens is 3. The highest BCUT2D eigenvalue weighted by Crippen LogP contribution is 2.24. The molecule has 19 heavy (non-hydrogen) atoms. The Kier molecular flexibility index (Phi) is 4.36. The third-order valence-corrected chi connectivity index (χ3v) is 3.33. The lowest BCUT2D eigenvalue weighted by atomic mass is 10.2. The van der Waals surface area contributed by atoms with Crippen molar-refractivity contribution in [2.24, 2.45) is 0 Å². The SMILES string of the molecule is C[C@@H]1COCCN1C(=O)Nc1c(F)cc(Br)cc1F. The quantitative estimate of drug-likeness (QED) is 0.857. The van der Waals surface area contributed by atoms with E-state index < -0.39 is 23.4 Å². The fourth-order valence-electron chi connectivity index (χ4n) is 1.87. The summed E-state index contributed by atoms with van der Waals surface area (Å²) < 4.78 is 32.7. The van der Waals surface area contributed by atoms with E-state index in [0.717, 1.165) is 12.1 Å². The number of carbonyl (C=O) groups is 1. The van der Waals surface area contributed by atoms with Gasteiger partial charge in [0.1, 0.15) is 5.69 Å².